The molecule has 0 aliphatic carbocycles. The van der Waals surface area contributed by atoms with Crippen molar-refractivity contribution in [2.24, 2.45) is 33.7 Å². The van der Waals surface area contributed by atoms with E-state index in [2.05, 4.69) is 52.8 Å². The fourth-order valence-electron chi connectivity index (χ4n) is 5.29. The minimum Gasteiger partial charge on any atom is -0.370 e. The molecular weight excluding hydrogens is 815 g/mol. The van der Waals surface area contributed by atoms with Crippen molar-refractivity contribution in [1.82, 2.24) is 47.9 Å². The van der Waals surface area contributed by atoms with Crippen LogP contribution in [0.25, 0.3) is 0 Å². The quantitative estimate of drug-likeness (QED) is 0.0133. The number of aliphatic imine (C=N–C) groups is 1. The van der Waals surface area contributed by atoms with Gasteiger partial charge >= 0.3 is 0 Å². The number of carbonyl (C=O) groups is 10. The maximum atomic E-state index is 13.4. The summed E-state index contributed by atoms with van der Waals surface area (Å²) in [4.78, 5) is 130. The third-order valence-corrected chi connectivity index (χ3v) is 8.96. The van der Waals surface area contributed by atoms with Crippen molar-refractivity contribution in [3.63, 3.8) is 0 Å². The number of guanidine groups is 1. The predicted octanol–water partition coefficient (Wildman–Crippen LogP) is -6.45. The van der Waals surface area contributed by atoms with Crippen LogP contribution >= 0.6 is 0 Å². The van der Waals surface area contributed by atoms with Crippen molar-refractivity contribution < 1.29 is 47.9 Å². The van der Waals surface area contributed by atoms with Crippen molar-refractivity contribution in [2.45, 2.75) is 134 Å². The molecule has 0 aromatic heterocycles. The van der Waals surface area contributed by atoms with E-state index < -0.39 is 108 Å². The highest BCUT2D eigenvalue weighted by Crippen LogP contribution is 2.06. The van der Waals surface area contributed by atoms with Crippen LogP contribution in [0.15, 0.2) is 4.99 Å². The van der Waals surface area contributed by atoms with Crippen molar-refractivity contribution in [1.29, 1.82) is 0 Å². The lowest BCUT2D eigenvalue weighted by Gasteiger charge is -2.25. The molecule has 8 atom stereocenters. The van der Waals surface area contributed by atoms with Gasteiger partial charge in [0.05, 0.1) is 19.1 Å². The molecule has 0 fully saturated rings. The van der Waals surface area contributed by atoms with Gasteiger partial charge in [-0.15, -0.1) is 0 Å². The molecule has 25 nitrogen and oxygen atoms in total. The van der Waals surface area contributed by atoms with Crippen molar-refractivity contribution >= 4 is 65.4 Å². The Hall–Kier alpha value is -5.95. The summed E-state index contributed by atoms with van der Waals surface area (Å²) in [5, 5.41) is 22.2. The minimum absolute atomic E-state index is 0.112. The Balaban J connectivity index is 5.48. The van der Waals surface area contributed by atoms with E-state index in [1.165, 1.54) is 34.6 Å². The maximum absolute atomic E-state index is 13.4. The van der Waals surface area contributed by atoms with Gasteiger partial charge < -0.3 is 81.3 Å². The van der Waals surface area contributed by atoms with Gasteiger partial charge in [0.1, 0.15) is 48.6 Å². The van der Waals surface area contributed by atoms with Gasteiger partial charge in [0.2, 0.25) is 53.2 Å². The molecule has 0 heterocycles. The molecule has 0 unspecified atom stereocenters. The molecule has 0 saturated heterocycles. The van der Waals surface area contributed by atoms with Crippen LogP contribution in [0, 0.1) is 0 Å². The largest absolute Gasteiger partial charge is 0.370 e. The van der Waals surface area contributed by atoms with Crippen LogP contribution in [0.4, 0.5) is 0 Å². The minimum atomic E-state index is -1.21. The smallest absolute Gasteiger partial charge is 0.243 e. The molecule has 0 bridgehead atoms. The molecule has 0 aliphatic heterocycles. The summed E-state index contributed by atoms with van der Waals surface area (Å²) >= 11 is 0. The molecular formula is C37H69N15O10. The lowest BCUT2D eigenvalue weighted by Crippen LogP contribution is -2.58. The summed E-state index contributed by atoms with van der Waals surface area (Å²) in [5.41, 5.74) is 27.4. The zero-order chi connectivity index (χ0) is 47.4. The van der Waals surface area contributed by atoms with E-state index in [1.807, 2.05) is 0 Å². The fourth-order valence-corrected chi connectivity index (χ4v) is 5.29. The molecule has 0 saturated carbocycles. The predicted molar refractivity (Wildman–Crippen MR) is 228 cm³/mol. The van der Waals surface area contributed by atoms with E-state index in [4.69, 9.17) is 28.7 Å². The van der Waals surface area contributed by atoms with E-state index in [0.29, 0.717) is 51.5 Å². The molecule has 19 N–H and O–H groups in total. The highest BCUT2D eigenvalue weighted by Gasteiger charge is 2.30. The second-order valence-corrected chi connectivity index (χ2v) is 14.6. The summed E-state index contributed by atoms with van der Waals surface area (Å²) in [6, 6.07) is -8.82. The number of rotatable bonds is 31. The van der Waals surface area contributed by atoms with Crippen molar-refractivity contribution in [3.8, 4) is 0 Å². The van der Waals surface area contributed by atoms with E-state index >= 15 is 0 Å². The second kappa shape index (κ2) is 31.0. The topological polar surface area (TPSA) is 421 Å². The molecule has 0 radical (unpaired) electrons. The molecule has 0 aromatic rings. The Kier molecular flexibility index (Phi) is 28.0. The first-order valence-corrected chi connectivity index (χ1v) is 20.5. The highest BCUT2D eigenvalue weighted by atomic mass is 16.2. The van der Waals surface area contributed by atoms with Gasteiger partial charge in [-0.1, -0.05) is 0 Å². The van der Waals surface area contributed by atoms with Gasteiger partial charge in [-0.3, -0.25) is 48.1 Å². The Bertz CT molecular complexity index is 1540. The molecule has 25 heteroatoms. The monoisotopic (exact) mass is 884 g/mol. The Morgan fingerprint density at radius 3 is 1.34 bits per heavy atom. The van der Waals surface area contributed by atoms with Gasteiger partial charge in [0.15, 0.2) is 5.96 Å². The summed E-state index contributed by atoms with van der Waals surface area (Å²) < 4.78 is 0. The van der Waals surface area contributed by atoms with Gasteiger partial charge in [-0.25, -0.2) is 0 Å². The molecule has 0 aromatic carbocycles. The standard InChI is InChI=1S/C37H69N15O10/c1-20(40)29(55)46-23(4)32(58)51-27(12-7-9-15-39)36(62)49-24(5)33(59)52-26(11-6-8-14-38)35(61)48-22(3)31(57)47-21(2)30(56)45-19-28(54)50-25(34(60)43-17-18-53)13-10-16-44-37(41)42/h18,20-27H,6-17,19,38-40H2,1-5H3,(H,43,60)(H,45,56)(H,46,55)(H,47,57)(H,48,61)(H,49,62)(H,50,54)(H,51,58)(H,52,59)(H4,41,42,44)/t20-,21-,22-,23-,24-,25-,26-,27-/m0/s1. The second-order valence-electron chi connectivity index (χ2n) is 14.6. The van der Waals surface area contributed by atoms with Crippen molar-refractivity contribution in [2.75, 3.05) is 32.7 Å². The molecule has 352 valence electrons. The number of nitrogens with zero attached hydrogens (tertiary/aromatic N) is 1. The number of hydrogen-bond donors (Lipinski definition) is 14. The first kappa shape index (κ1) is 56.0. The molecule has 62 heavy (non-hydrogen) atoms. The van der Waals surface area contributed by atoms with E-state index in [-0.39, 0.29) is 38.3 Å². The molecule has 0 spiro atoms. The van der Waals surface area contributed by atoms with Crippen LogP contribution in [0.2, 0.25) is 0 Å². The van der Waals surface area contributed by atoms with E-state index in [0.717, 1.165) is 0 Å². The normalized spacial score (nSPS) is 14.6. The van der Waals surface area contributed by atoms with Gasteiger partial charge in [0, 0.05) is 6.54 Å². The van der Waals surface area contributed by atoms with Crippen LogP contribution in [0.3, 0.4) is 0 Å². The van der Waals surface area contributed by atoms with Crippen molar-refractivity contribution in [3.05, 3.63) is 0 Å². The lowest BCUT2D eigenvalue weighted by atomic mass is 10.1. The van der Waals surface area contributed by atoms with Crippen LogP contribution < -0.4 is 76.5 Å². The Morgan fingerprint density at radius 1 is 0.500 bits per heavy atom. The number of hydrogen-bond acceptors (Lipinski definition) is 14. The maximum Gasteiger partial charge on any atom is 0.243 e. The SMILES string of the molecule is C[C@H](N)C(=O)N[C@@H](C)C(=O)N[C@@H](CCCCN)C(=O)N[C@@H](C)C(=O)N[C@@H](CCCCN)C(=O)N[C@@H](C)C(=O)N[C@@H](C)C(=O)NCC(=O)N[C@@H](CCCN=C(N)N)C(=O)NCC=O. The average Bonchev–Trinajstić information content (AvgIpc) is 3.21. The summed E-state index contributed by atoms with van der Waals surface area (Å²) in [7, 11) is 0. The summed E-state index contributed by atoms with van der Waals surface area (Å²) in [6.45, 7) is 6.88. The van der Waals surface area contributed by atoms with E-state index in [9.17, 15) is 47.9 Å². The zero-order valence-corrected chi connectivity index (χ0v) is 36.3. The first-order chi connectivity index (χ1) is 29.2. The van der Waals surface area contributed by atoms with Gasteiger partial charge in [-0.05, 0) is 99.1 Å². The van der Waals surface area contributed by atoms with E-state index in [1.54, 1.807) is 0 Å². The third kappa shape index (κ3) is 23.7. The Morgan fingerprint density at radius 2 is 0.903 bits per heavy atom. The number of unbranched alkanes of at least 4 members (excludes halogenated alkanes) is 2. The molecule has 0 rings (SSSR count). The summed E-state index contributed by atoms with van der Waals surface area (Å²) in [5.74, 6) is -6.50. The summed E-state index contributed by atoms with van der Waals surface area (Å²) in [6.07, 6.45) is 3.10. The first-order valence-electron chi connectivity index (χ1n) is 20.5. The van der Waals surface area contributed by atoms with Crippen LogP contribution in [0.1, 0.15) is 86.0 Å². The zero-order valence-electron chi connectivity index (χ0n) is 36.3. The highest BCUT2D eigenvalue weighted by molar-refractivity contribution is 5.97. The number of nitrogens with one attached hydrogen (secondary N) is 9. The number of amides is 9. The molecule has 9 amide bonds. The number of nitrogens with two attached hydrogens (primary N) is 5. The van der Waals surface area contributed by atoms with Gasteiger partial charge in [-0.2, -0.15) is 0 Å². The number of aldehydes is 1. The number of carbonyl (C=O) groups excluding carboxylic acids is 10. The third-order valence-electron chi connectivity index (χ3n) is 8.96. The van der Waals surface area contributed by atoms with Gasteiger partial charge in [0.25, 0.3) is 0 Å². The van der Waals surface area contributed by atoms with Crippen LogP contribution in [-0.2, 0) is 47.9 Å². The van der Waals surface area contributed by atoms with Crippen LogP contribution in [0.5, 0.6) is 0 Å². The Labute approximate surface area is 361 Å². The fraction of sp³-hybridized carbons (Fsp3) is 0.703. The van der Waals surface area contributed by atoms with Crippen LogP contribution in [-0.4, -0.2) is 146 Å². The average molecular weight is 884 g/mol. The molecule has 0 aliphatic rings. The lowest BCUT2D eigenvalue weighted by molar-refractivity contribution is -0.135.